The maximum absolute atomic E-state index is 6.47. The fraction of sp³-hybridized carbons (Fsp3) is 0.308. The van der Waals surface area contributed by atoms with Crippen molar-refractivity contribution in [2.75, 3.05) is 0 Å². The van der Waals surface area contributed by atoms with Gasteiger partial charge in [0.15, 0.2) is 5.82 Å². The van der Waals surface area contributed by atoms with Crippen LogP contribution in [-0.4, -0.2) is 25.9 Å². The lowest BCUT2D eigenvalue weighted by Gasteiger charge is -2.12. The molecule has 0 bridgehead atoms. The lowest BCUT2D eigenvalue weighted by atomic mass is 10.1. The highest BCUT2D eigenvalue weighted by Gasteiger charge is 2.22. The lowest BCUT2D eigenvalue weighted by Crippen LogP contribution is -2.21. The third-order valence-electron chi connectivity index (χ3n) is 3.11. The van der Waals surface area contributed by atoms with Crippen LogP contribution < -0.4 is 0 Å². The molecule has 5 heteroatoms. The largest absolute Gasteiger partial charge is 0.312 e. The summed E-state index contributed by atoms with van der Waals surface area (Å²) in [6.45, 7) is 3.14. The van der Waals surface area contributed by atoms with Gasteiger partial charge in [-0.3, -0.25) is 4.99 Å². The maximum Gasteiger partial charge on any atom is 0.154 e. The molecule has 1 aromatic carbocycles. The highest BCUT2D eigenvalue weighted by Crippen LogP contribution is 2.18. The van der Waals surface area contributed by atoms with Gasteiger partial charge in [-0.15, -0.1) is 21.8 Å². The quantitative estimate of drug-likeness (QED) is 0.738. The van der Waals surface area contributed by atoms with Crippen LogP contribution in [0.5, 0.6) is 0 Å². The van der Waals surface area contributed by atoms with E-state index in [1.807, 2.05) is 41.8 Å². The van der Waals surface area contributed by atoms with Gasteiger partial charge in [-0.1, -0.05) is 30.3 Å². The van der Waals surface area contributed by atoms with E-state index in [1.165, 1.54) is 0 Å². The Kier molecular flexibility index (Phi) is 2.88. The number of aromatic nitrogens is 3. The number of nitrogens with zero attached hydrogens (tertiary/aromatic N) is 4. The van der Waals surface area contributed by atoms with Crippen molar-refractivity contribution in [1.82, 2.24) is 14.8 Å². The van der Waals surface area contributed by atoms with Gasteiger partial charge >= 0.3 is 0 Å². The number of aliphatic imine (C=N–C) groups is 1. The minimum Gasteiger partial charge on any atom is -0.312 e. The first-order valence-electron chi connectivity index (χ1n) is 5.88. The molecule has 3 rings (SSSR count). The molecule has 0 saturated carbocycles. The van der Waals surface area contributed by atoms with Crippen molar-refractivity contribution in [2.45, 2.75) is 25.4 Å². The standard InChI is InChI=1S/C13H13ClN4/c1-9-16-17-12-7-15-13(11(14)8-18(9)12)10-5-3-2-4-6-10/h2-6,11H,7-8H2,1H3. The molecule has 1 atom stereocenters. The molecule has 0 N–H and O–H groups in total. The number of benzene rings is 1. The van der Waals surface area contributed by atoms with Gasteiger partial charge in [0.05, 0.1) is 17.6 Å². The molecule has 2 heterocycles. The molecule has 2 aromatic rings. The molecule has 0 amide bonds. The van der Waals surface area contributed by atoms with Gasteiger partial charge in [-0.25, -0.2) is 0 Å². The zero-order valence-corrected chi connectivity index (χ0v) is 10.8. The van der Waals surface area contributed by atoms with Crippen molar-refractivity contribution in [3.8, 4) is 0 Å². The molecule has 0 radical (unpaired) electrons. The number of halogens is 1. The Bertz CT molecular complexity index is 588. The summed E-state index contributed by atoms with van der Waals surface area (Å²) in [6.07, 6.45) is 0. The average molecular weight is 261 g/mol. The SMILES string of the molecule is Cc1nnc2n1CC(Cl)C(c1ccccc1)=NC2. The van der Waals surface area contributed by atoms with E-state index >= 15 is 0 Å². The van der Waals surface area contributed by atoms with Crippen molar-refractivity contribution in [2.24, 2.45) is 4.99 Å². The highest BCUT2D eigenvalue weighted by atomic mass is 35.5. The Morgan fingerprint density at radius 2 is 2.00 bits per heavy atom. The summed E-state index contributed by atoms with van der Waals surface area (Å²) >= 11 is 6.47. The third-order valence-corrected chi connectivity index (χ3v) is 3.46. The van der Waals surface area contributed by atoms with E-state index in [-0.39, 0.29) is 5.38 Å². The highest BCUT2D eigenvalue weighted by molar-refractivity contribution is 6.35. The van der Waals surface area contributed by atoms with Crippen LogP contribution in [0.3, 0.4) is 0 Å². The molecule has 1 unspecified atom stereocenters. The van der Waals surface area contributed by atoms with Crippen molar-refractivity contribution < 1.29 is 0 Å². The Labute approximate surface area is 110 Å². The fourth-order valence-electron chi connectivity index (χ4n) is 2.16. The number of hydrogen-bond donors (Lipinski definition) is 0. The van der Waals surface area contributed by atoms with Crippen LogP contribution in [-0.2, 0) is 13.1 Å². The molecule has 1 aromatic heterocycles. The molecule has 92 valence electrons. The van der Waals surface area contributed by atoms with Gasteiger partial charge < -0.3 is 4.57 Å². The van der Waals surface area contributed by atoms with Gasteiger partial charge in [-0.2, -0.15) is 0 Å². The monoisotopic (exact) mass is 260 g/mol. The molecule has 18 heavy (non-hydrogen) atoms. The second-order valence-electron chi connectivity index (χ2n) is 4.31. The number of alkyl halides is 1. The smallest absolute Gasteiger partial charge is 0.154 e. The van der Waals surface area contributed by atoms with Crippen LogP contribution in [0.1, 0.15) is 17.2 Å². The Morgan fingerprint density at radius 3 is 2.78 bits per heavy atom. The molecular formula is C13H13ClN4. The van der Waals surface area contributed by atoms with Gasteiger partial charge in [-0.05, 0) is 12.5 Å². The van der Waals surface area contributed by atoms with Gasteiger partial charge in [0.1, 0.15) is 5.82 Å². The van der Waals surface area contributed by atoms with Crippen LogP contribution in [0.4, 0.5) is 0 Å². The second kappa shape index (κ2) is 4.53. The molecule has 4 nitrogen and oxygen atoms in total. The average Bonchev–Trinajstić information content (AvgIpc) is 2.64. The summed E-state index contributed by atoms with van der Waals surface area (Å²) in [5, 5.41) is 8.03. The second-order valence-corrected chi connectivity index (χ2v) is 4.84. The molecule has 0 spiro atoms. The van der Waals surface area contributed by atoms with Crippen LogP contribution in [0.25, 0.3) is 0 Å². The van der Waals surface area contributed by atoms with Crippen LogP contribution in [0, 0.1) is 6.92 Å². The molecular weight excluding hydrogens is 248 g/mol. The lowest BCUT2D eigenvalue weighted by molar-refractivity contribution is 0.675. The van der Waals surface area contributed by atoms with E-state index in [2.05, 4.69) is 15.2 Å². The number of rotatable bonds is 1. The summed E-state index contributed by atoms with van der Waals surface area (Å²) in [6, 6.07) is 10.1. The summed E-state index contributed by atoms with van der Waals surface area (Å²) < 4.78 is 2.04. The van der Waals surface area contributed by atoms with E-state index in [1.54, 1.807) is 0 Å². The van der Waals surface area contributed by atoms with Crippen molar-refractivity contribution in [3.05, 3.63) is 47.5 Å². The third kappa shape index (κ3) is 1.93. The van der Waals surface area contributed by atoms with Gasteiger partial charge in [0.25, 0.3) is 0 Å². The van der Waals surface area contributed by atoms with Gasteiger partial charge in [0.2, 0.25) is 0 Å². The normalized spacial score (nSPS) is 19.0. The number of aryl methyl sites for hydroxylation is 1. The predicted molar refractivity (Wildman–Crippen MR) is 71.1 cm³/mol. The molecule has 1 aliphatic heterocycles. The maximum atomic E-state index is 6.47. The topological polar surface area (TPSA) is 43.1 Å². The summed E-state index contributed by atoms with van der Waals surface area (Å²) in [5.41, 5.74) is 2.01. The summed E-state index contributed by atoms with van der Waals surface area (Å²) in [4.78, 5) is 4.59. The predicted octanol–water partition coefficient (Wildman–Crippen LogP) is 2.20. The summed E-state index contributed by atoms with van der Waals surface area (Å²) in [5.74, 6) is 1.77. The number of hydrogen-bond acceptors (Lipinski definition) is 3. The van der Waals surface area contributed by atoms with E-state index in [0.29, 0.717) is 13.1 Å². The van der Waals surface area contributed by atoms with Crippen LogP contribution in [0.15, 0.2) is 35.3 Å². The van der Waals surface area contributed by atoms with Crippen molar-refractivity contribution >= 4 is 17.3 Å². The summed E-state index contributed by atoms with van der Waals surface area (Å²) in [7, 11) is 0. The first kappa shape index (κ1) is 11.4. The van der Waals surface area contributed by atoms with E-state index in [4.69, 9.17) is 11.6 Å². The van der Waals surface area contributed by atoms with E-state index < -0.39 is 0 Å². The van der Waals surface area contributed by atoms with E-state index in [9.17, 15) is 0 Å². The van der Waals surface area contributed by atoms with E-state index in [0.717, 1.165) is 22.9 Å². The Hall–Kier alpha value is -1.68. The van der Waals surface area contributed by atoms with Gasteiger partial charge in [0, 0.05) is 6.54 Å². The number of fused-ring (bicyclic) bond motifs is 1. The molecule has 0 aliphatic carbocycles. The zero-order valence-electron chi connectivity index (χ0n) is 10.0. The molecule has 0 saturated heterocycles. The minimum absolute atomic E-state index is 0.150. The van der Waals surface area contributed by atoms with Crippen LogP contribution >= 0.6 is 11.6 Å². The molecule has 1 aliphatic rings. The zero-order chi connectivity index (χ0) is 12.5. The fourth-order valence-corrected chi connectivity index (χ4v) is 2.50. The van der Waals surface area contributed by atoms with Crippen molar-refractivity contribution in [1.29, 1.82) is 0 Å². The minimum atomic E-state index is -0.150. The van der Waals surface area contributed by atoms with Crippen molar-refractivity contribution in [3.63, 3.8) is 0 Å². The Morgan fingerprint density at radius 1 is 1.22 bits per heavy atom. The Balaban J connectivity index is 1.98. The van der Waals surface area contributed by atoms with Crippen LogP contribution in [0.2, 0.25) is 0 Å². The first-order chi connectivity index (χ1) is 8.75. The first-order valence-corrected chi connectivity index (χ1v) is 6.32. The molecule has 0 fully saturated rings.